The molecule has 14 heavy (non-hydrogen) atoms. The van der Waals surface area contributed by atoms with Crippen LogP contribution < -0.4 is 10.6 Å². The standard InChI is InChI=1S/C10H22N2O2/c1-8(5-6-13)12-9(14)7-11-10(2,3)4/h8,11,13H,5-7H2,1-4H3,(H,12,14). The molecule has 0 bridgehead atoms. The highest BCUT2D eigenvalue weighted by molar-refractivity contribution is 5.78. The lowest BCUT2D eigenvalue weighted by molar-refractivity contribution is -0.121. The number of carbonyl (C=O) groups is 1. The van der Waals surface area contributed by atoms with Crippen molar-refractivity contribution in [3.05, 3.63) is 0 Å². The summed E-state index contributed by atoms with van der Waals surface area (Å²) in [6, 6.07) is 0.0364. The van der Waals surface area contributed by atoms with Crippen molar-refractivity contribution in [2.24, 2.45) is 0 Å². The van der Waals surface area contributed by atoms with Gasteiger partial charge in [0, 0.05) is 18.2 Å². The van der Waals surface area contributed by atoms with E-state index in [2.05, 4.69) is 10.6 Å². The fourth-order valence-electron chi connectivity index (χ4n) is 0.937. The Labute approximate surface area is 86.1 Å². The van der Waals surface area contributed by atoms with E-state index in [1.54, 1.807) is 0 Å². The fourth-order valence-corrected chi connectivity index (χ4v) is 0.937. The molecule has 0 spiro atoms. The van der Waals surface area contributed by atoms with Gasteiger partial charge in [0.05, 0.1) is 6.54 Å². The highest BCUT2D eigenvalue weighted by Crippen LogP contribution is 1.97. The Morgan fingerprint density at radius 3 is 2.43 bits per heavy atom. The summed E-state index contributed by atoms with van der Waals surface area (Å²) < 4.78 is 0. The molecule has 0 radical (unpaired) electrons. The zero-order chi connectivity index (χ0) is 11.2. The molecule has 0 fully saturated rings. The molecule has 0 aliphatic carbocycles. The van der Waals surface area contributed by atoms with Crippen LogP contribution in [0.2, 0.25) is 0 Å². The molecule has 0 aliphatic rings. The lowest BCUT2D eigenvalue weighted by Gasteiger charge is -2.21. The summed E-state index contributed by atoms with van der Waals surface area (Å²) in [4.78, 5) is 11.3. The summed E-state index contributed by atoms with van der Waals surface area (Å²) in [7, 11) is 0. The molecule has 0 aliphatic heterocycles. The van der Waals surface area contributed by atoms with E-state index < -0.39 is 0 Å². The highest BCUT2D eigenvalue weighted by Gasteiger charge is 2.12. The molecule has 1 atom stereocenters. The van der Waals surface area contributed by atoms with Gasteiger partial charge in [-0.15, -0.1) is 0 Å². The quantitative estimate of drug-likeness (QED) is 0.599. The number of hydrogen-bond acceptors (Lipinski definition) is 3. The largest absolute Gasteiger partial charge is 0.396 e. The molecule has 0 aromatic rings. The van der Waals surface area contributed by atoms with Gasteiger partial charge in [-0.25, -0.2) is 0 Å². The van der Waals surface area contributed by atoms with Crippen molar-refractivity contribution in [1.82, 2.24) is 10.6 Å². The smallest absolute Gasteiger partial charge is 0.234 e. The van der Waals surface area contributed by atoms with Crippen LogP contribution in [-0.4, -0.2) is 35.7 Å². The Kier molecular flexibility index (Phi) is 5.72. The van der Waals surface area contributed by atoms with Crippen LogP contribution in [0, 0.1) is 0 Å². The SMILES string of the molecule is CC(CCO)NC(=O)CNC(C)(C)C. The van der Waals surface area contributed by atoms with Crippen molar-refractivity contribution in [2.45, 2.75) is 45.7 Å². The Hall–Kier alpha value is -0.610. The van der Waals surface area contributed by atoms with Gasteiger partial charge in [0.2, 0.25) is 5.91 Å². The van der Waals surface area contributed by atoms with Crippen molar-refractivity contribution >= 4 is 5.91 Å². The topological polar surface area (TPSA) is 61.4 Å². The van der Waals surface area contributed by atoms with E-state index in [4.69, 9.17) is 5.11 Å². The van der Waals surface area contributed by atoms with Crippen LogP contribution in [-0.2, 0) is 4.79 Å². The molecular formula is C10H22N2O2. The van der Waals surface area contributed by atoms with Crippen molar-refractivity contribution in [3.63, 3.8) is 0 Å². The van der Waals surface area contributed by atoms with E-state index in [-0.39, 0.29) is 24.1 Å². The average molecular weight is 202 g/mol. The highest BCUT2D eigenvalue weighted by atomic mass is 16.3. The second-order valence-corrected chi connectivity index (χ2v) is 4.58. The fraction of sp³-hybridized carbons (Fsp3) is 0.900. The normalized spacial score (nSPS) is 13.8. The van der Waals surface area contributed by atoms with Gasteiger partial charge in [-0.05, 0) is 34.1 Å². The Balaban J connectivity index is 3.65. The van der Waals surface area contributed by atoms with E-state index in [9.17, 15) is 4.79 Å². The first-order valence-electron chi connectivity index (χ1n) is 5.00. The number of carbonyl (C=O) groups excluding carboxylic acids is 1. The lowest BCUT2D eigenvalue weighted by atomic mass is 10.1. The third-order valence-electron chi connectivity index (χ3n) is 1.75. The van der Waals surface area contributed by atoms with Crippen LogP contribution in [0.25, 0.3) is 0 Å². The molecule has 3 N–H and O–H groups in total. The first kappa shape index (κ1) is 13.4. The summed E-state index contributed by atoms with van der Waals surface area (Å²) in [6.07, 6.45) is 0.598. The zero-order valence-electron chi connectivity index (χ0n) is 9.55. The first-order chi connectivity index (χ1) is 6.35. The molecule has 0 saturated carbocycles. The average Bonchev–Trinajstić information content (AvgIpc) is 2.00. The van der Waals surface area contributed by atoms with E-state index in [1.165, 1.54) is 0 Å². The molecular weight excluding hydrogens is 180 g/mol. The zero-order valence-corrected chi connectivity index (χ0v) is 9.55. The maximum absolute atomic E-state index is 11.3. The molecule has 0 rings (SSSR count). The van der Waals surface area contributed by atoms with Crippen LogP contribution in [0.3, 0.4) is 0 Å². The minimum absolute atomic E-state index is 0.0270. The predicted octanol–water partition coefficient (Wildman–Crippen LogP) is 0.262. The summed E-state index contributed by atoms with van der Waals surface area (Å²) >= 11 is 0. The van der Waals surface area contributed by atoms with Gasteiger partial charge in [-0.2, -0.15) is 0 Å². The summed E-state index contributed by atoms with van der Waals surface area (Å²) in [5.74, 6) is -0.0270. The number of nitrogens with one attached hydrogen (secondary N) is 2. The van der Waals surface area contributed by atoms with Gasteiger partial charge in [-0.1, -0.05) is 0 Å². The minimum Gasteiger partial charge on any atom is -0.396 e. The van der Waals surface area contributed by atoms with Crippen molar-refractivity contribution < 1.29 is 9.90 Å². The molecule has 0 saturated heterocycles. The molecule has 4 nitrogen and oxygen atoms in total. The predicted molar refractivity (Wildman–Crippen MR) is 57.1 cm³/mol. The third-order valence-corrected chi connectivity index (χ3v) is 1.75. The molecule has 1 amide bonds. The van der Waals surface area contributed by atoms with Crippen LogP contribution >= 0.6 is 0 Å². The molecule has 0 aromatic carbocycles. The van der Waals surface area contributed by atoms with E-state index in [0.717, 1.165) is 0 Å². The Morgan fingerprint density at radius 2 is 2.00 bits per heavy atom. The summed E-state index contributed by atoms with van der Waals surface area (Å²) in [5, 5.41) is 14.5. The third kappa shape index (κ3) is 8.01. The summed E-state index contributed by atoms with van der Waals surface area (Å²) in [6.45, 7) is 8.34. The molecule has 1 unspecified atom stereocenters. The Morgan fingerprint density at radius 1 is 1.43 bits per heavy atom. The van der Waals surface area contributed by atoms with Gasteiger partial charge in [-0.3, -0.25) is 4.79 Å². The van der Waals surface area contributed by atoms with E-state index in [1.807, 2.05) is 27.7 Å². The van der Waals surface area contributed by atoms with Crippen molar-refractivity contribution in [3.8, 4) is 0 Å². The Bertz CT molecular complexity index is 175. The monoisotopic (exact) mass is 202 g/mol. The molecule has 4 heteroatoms. The number of aliphatic hydroxyl groups is 1. The number of aliphatic hydroxyl groups excluding tert-OH is 1. The van der Waals surface area contributed by atoms with Gasteiger partial charge in [0.15, 0.2) is 0 Å². The van der Waals surface area contributed by atoms with Gasteiger partial charge >= 0.3 is 0 Å². The second-order valence-electron chi connectivity index (χ2n) is 4.58. The van der Waals surface area contributed by atoms with Crippen LogP contribution in [0.15, 0.2) is 0 Å². The van der Waals surface area contributed by atoms with Crippen LogP contribution in [0.1, 0.15) is 34.1 Å². The summed E-state index contributed by atoms with van der Waals surface area (Å²) in [5.41, 5.74) is -0.0441. The maximum Gasteiger partial charge on any atom is 0.234 e. The number of amides is 1. The van der Waals surface area contributed by atoms with Crippen LogP contribution in [0.5, 0.6) is 0 Å². The van der Waals surface area contributed by atoms with Gasteiger partial charge < -0.3 is 15.7 Å². The molecule has 0 aromatic heterocycles. The van der Waals surface area contributed by atoms with Gasteiger partial charge in [0.1, 0.15) is 0 Å². The van der Waals surface area contributed by atoms with Crippen LogP contribution in [0.4, 0.5) is 0 Å². The molecule has 0 heterocycles. The molecule has 84 valence electrons. The van der Waals surface area contributed by atoms with Crippen molar-refractivity contribution in [2.75, 3.05) is 13.2 Å². The van der Waals surface area contributed by atoms with E-state index >= 15 is 0 Å². The minimum atomic E-state index is -0.0441. The van der Waals surface area contributed by atoms with E-state index in [0.29, 0.717) is 13.0 Å². The maximum atomic E-state index is 11.3. The lowest BCUT2D eigenvalue weighted by Crippen LogP contribution is -2.45. The number of hydrogen-bond donors (Lipinski definition) is 3. The van der Waals surface area contributed by atoms with Crippen molar-refractivity contribution in [1.29, 1.82) is 0 Å². The van der Waals surface area contributed by atoms with Gasteiger partial charge in [0.25, 0.3) is 0 Å². The second kappa shape index (κ2) is 5.98. The number of rotatable bonds is 5. The first-order valence-corrected chi connectivity index (χ1v) is 5.00.